The molecule has 0 radical (unpaired) electrons. The molecular weight excluding hydrogens is 202 g/mol. The van der Waals surface area contributed by atoms with Gasteiger partial charge in [-0.3, -0.25) is 4.79 Å². The van der Waals surface area contributed by atoms with Crippen LogP contribution < -0.4 is 5.32 Å². The van der Waals surface area contributed by atoms with E-state index >= 15 is 0 Å². The van der Waals surface area contributed by atoms with Crippen molar-refractivity contribution < 1.29 is 4.79 Å². The fraction of sp³-hybridized carbons (Fsp3) is 0.167. The van der Waals surface area contributed by atoms with Crippen molar-refractivity contribution in [3.63, 3.8) is 0 Å². The van der Waals surface area contributed by atoms with E-state index in [2.05, 4.69) is 16.2 Å². The molecule has 0 spiro atoms. The Labute approximate surface area is 93.3 Å². The number of nitrogens with zero attached hydrogens (tertiary/aromatic N) is 2. The number of fused-ring (bicyclic) bond motifs is 1. The summed E-state index contributed by atoms with van der Waals surface area (Å²) in [6.45, 7) is 0.494. The number of carbonyl (C=O) groups excluding carboxylic acids is 1. The van der Waals surface area contributed by atoms with Crippen LogP contribution in [-0.2, 0) is 11.3 Å². The lowest BCUT2D eigenvalue weighted by molar-refractivity contribution is -0.121. The average Bonchev–Trinajstić information content (AvgIpc) is 2.70. The highest BCUT2D eigenvalue weighted by atomic mass is 16.1. The number of amides is 1. The molecule has 2 rings (SSSR count). The van der Waals surface area contributed by atoms with E-state index in [1.807, 2.05) is 24.3 Å². The Kier molecular flexibility index (Phi) is 2.88. The Morgan fingerprint density at radius 2 is 2.31 bits per heavy atom. The molecule has 80 valence electrons. The van der Waals surface area contributed by atoms with Crippen LogP contribution in [0.3, 0.4) is 0 Å². The molecule has 1 amide bonds. The number of imidazole rings is 1. The number of terminal acetylenes is 1. The second kappa shape index (κ2) is 4.49. The fourth-order valence-corrected chi connectivity index (χ4v) is 1.50. The lowest BCUT2D eigenvalue weighted by Gasteiger charge is -2.03. The molecule has 0 unspecified atom stereocenters. The number of aromatic nitrogens is 2. The summed E-state index contributed by atoms with van der Waals surface area (Å²) in [6, 6.07) is 7.67. The van der Waals surface area contributed by atoms with Crippen molar-refractivity contribution in [1.29, 1.82) is 0 Å². The molecule has 1 N–H and O–H groups in total. The van der Waals surface area contributed by atoms with Gasteiger partial charge in [-0.15, -0.1) is 6.42 Å². The van der Waals surface area contributed by atoms with Gasteiger partial charge in [0.1, 0.15) is 6.54 Å². The van der Waals surface area contributed by atoms with E-state index in [0.717, 1.165) is 11.0 Å². The van der Waals surface area contributed by atoms with Gasteiger partial charge in [-0.05, 0) is 12.1 Å². The maximum atomic E-state index is 11.5. The van der Waals surface area contributed by atoms with Crippen LogP contribution in [0.4, 0.5) is 0 Å². The summed E-state index contributed by atoms with van der Waals surface area (Å²) in [5.74, 6) is 2.25. The van der Waals surface area contributed by atoms with Crippen molar-refractivity contribution in [1.82, 2.24) is 14.9 Å². The van der Waals surface area contributed by atoms with E-state index in [9.17, 15) is 4.79 Å². The highest BCUT2D eigenvalue weighted by molar-refractivity contribution is 5.80. The third-order valence-corrected chi connectivity index (χ3v) is 2.23. The van der Waals surface area contributed by atoms with Gasteiger partial charge in [-0.1, -0.05) is 18.1 Å². The lowest BCUT2D eigenvalue weighted by Crippen LogP contribution is -2.27. The van der Waals surface area contributed by atoms with Gasteiger partial charge in [0.05, 0.1) is 23.9 Å². The summed E-state index contributed by atoms with van der Waals surface area (Å²) in [5.41, 5.74) is 1.82. The SMILES string of the molecule is C#CCNC(=O)Cn1cnc2ccccc21. The Hall–Kier alpha value is -2.28. The molecule has 0 aliphatic carbocycles. The van der Waals surface area contributed by atoms with Crippen molar-refractivity contribution in [3.05, 3.63) is 30.6 Å². The van der Waals surface area contributed by atoms with Crippen molar-refractivity contribution in [3.8, 4) is 12.3 Å². The molecule has 2 aromatic rings. The lowest BCUT2D eigenvalue weighted by atomic mass is 10.3. The monoisotopic (exact) mass is 213 g/mol. The molecule has 1 aromatic heterocycles. The number of nitrogens with one attached hydrogen (secondary N) is 1. The van der Waals surface area contributed by atoms with Crippen molar-refractivity contribution >= 4 is 16.9 Å². The Morgan fingerprint density at radius 1 is 1.50 bits per heavy atom. The first kappa shape index (κ1) is 10.2. The zero-order valence-corrected chi connectivity index (χ0v) is 8.68. The molecular formula is C12H11N3O. The molecule has 0 saturated heterocycles. The van der Waals surface area contributed by atoms with Crippen molar-refractivity contribution in [2.75, 3.05) is 6.54 Å². The van der Waals surface area contributed by atoms with E-state index in [4.69, 9.17) is 6.42 Å². The Morgan fingerprint density at radius 3 is 3.12 bits per heavy atom. The van der Waals surface area contributed by atoms with Crippen LogP contribution in [0.15, 0.2) is 30.6 Å². The quantitative estimate of drug-likeness (QED) is 0.766. The first-order valence-corrected chi connectivity index (χ1v) is 4.91. The van der Waals surface area contributed by atoms with Crippen LogP contribution in [-0.4, -0.2) is 22.0 Å². The van der Waals surface area contributed by atoms with Gasteiger partial charge in [0, 0.05) is 0 Å². The summed E-state index contributed by atoms with van der Waals surface area (Å²) >= 11 is 0. The first-order chi connectivity index (χ1) is 7.81. The van der Waals surface area contributed by atoms with Gasteiger partial charge in [0.2, 0.25) is 5.91 Å². The molecule has 0 bridgehead atoms. The van der Waals surface area contributed by atoms with Gasteiger partial charge in [-0.2, -0.15) is 0 Å². The third kappa shape index (κ3) is 2.04. The van der Waals surface area contributed by atoms with Crippen molar-refractivity contribution in [2.45, 2.75) is 6.54 Å². The molecule has 0 saturated carbocycles. The van der Waals surface area contributed by atoms with Gasteiger partial charge >= 0.3 is 0 Å². The minimum Gasteiger partial charge on any atom is -0.344 e. The second-order valence-electron chi connectivity index (χ2n) is 3.34. The Balaban J connectivity index is 2.16. The predicted molar refractivity (Wildman–Crippen MR) is 61.6 cm³/mol. The average molecular weight is 213 g/mol. The predicted octanol–water partition coefficient (Wildman–Crippen LogP) is 0.786. The molecule has 1 heterocycles. The fourth-order valence-electron chi connectivity index (χ4n) is 1.50. The van der Waals surface area contributed by atoms with Gasteiger partial charge in [-0.25, -0.2) is 4.98 Å². The smallest absolute Gasteiger partial charge is 0.240 e. The van der Waals surface area contributed by atoms with Crippen LogP contribution in [0.25, 0.3) is 11.0 Å². The molecule has 4 nitrogen and oxygen atoms in total. The van der Waals surface area contributed by atoms with E-state index in [1.54, 1.807) is 10.9 Å². The number of carbonyl (C=O) groups is 1. The zero-order chi connectivity index (χ0) is 11.4. The highest BCUT2D eigenvalue weighted by Gasteiger charge is 2.05. The number of benzene rings is 1. The van der Waals surface area contributed by atoms with Crippen LogP contribution >= 0.6 is 0 Å². The number of hydrogen-bond acceptors (Lipinski definition) is 2. The molecule has 0 aliphatic rings. The minimum atomic E-state index is -0.110. The third-order valence-electron chi connectivity index (χ3n) is 2.23. The molecule has 0 aliphatic heterocycles. The van der Waals surface area contributed by atoms with E-state index in [0.29, 0.717) is 0 Å². The molecule has 16 heavy (non-hydrogen) atoms. The first-order valence-electron chi connectivity index (χ1n) is 4.91. The zero-order valence-electron chi connectivity index (χ0n) is 8.68. The van der Waals surface area contributed by atoms with E-state index in [-0.39, 0.29) is 19.0 Å². The topological polar surface area (TPSA) is 46.9 Å². The van der Waals surface area contributed by atoms with Crippen molar-refractivity contribution in [2.24, 2.45) is 0 Å². The summed E-state index contributed by atoms with van der Waals surface area (Å²) in [4.78, 5) is 15.7. The molecule has 1 aromatic carbocycles. The second-order valence-corrected chi connectivity index (χ2v) is 3.34. The number of rotatable bonds is 3. The van der Waals surface area contributed by atoms with Crippen LogP contribution in [0.1, 0.15) is 0 Å². The highest BCUT2D eigenvalue weighted by Crippen LogP contribution is 2.11. The number of hydrogen-bond donors (Lipinski definition) is 1. The maximum absolute atomic E-state index is 11.5. The van der Waals surface area contributed by atoms with E-state index < -0.39 is 0 Å². The maximum Gasteiger partial charge on any atom is 0.240 e. The molecule has 0 atom stereocenters. The normalized spacial score (nSPS) is 9.94. The summed E-state index contributed by atoms with van der Waals surface area (Å²) in [6.07, 6.45) is 6.71. The molecule has 4 heteroatoms. The molecule has 0 fully saturated rings. The largest absolute Gasteiger partial charge is 0.344 e. The Bertz CT molecular complexity index is 551. The van der Waals surface area contributed by atoms with Crippen LogP contribution in [0.2, 0.25) is 0 Å². The van der Waals surface area contributed by atoms with Crippen LogP contribution in [0, 0.1) is 12.3 Å². The standard InChI is InChI=1S/C12H11N3O/c1-2-7-13-12(16)8-15-9-14-10-5-3-4-6-11(10)15/h1,3-6,9H,7-8H2,(H,13,16). The summed E-state index contributed by atoms with van der Waals surface area (Å²) in [5, 5.41) is 2.61. The summed E-state index contributed by atoms with van der Waals surface area (Å²) < 4.78 is 1.79. The summed E-state index contributed by atoms with van der Waals surface area (Å²) in [7, 11) is 0. The number of para-hydroxylation sites is 2. The van der Waals surface area contributed by atoms with E-state index in [1.165, 1.54) is 0 Å². The van der Waals surface area contributed by atoms with Gasteiger partial charge in [0.15, 0.2) is 0 Å². The van der Waals surface area contributed by atoms with Gasteiger partial charge < -0.3 is 9.88 Å². The van der Waals surface area contributed by atoms with Crippen LogP contribution in [0.5, 0.6) is 0 Å². The minimum absolute atomic E-state index is 0.110. The van der Waals surface area contributed by atoms with Gasteiger partial charge in [0.25, 0.3) is 0 Å².